The Morgan fingerprint density at radius 3 is 2.76 bits per heavy atom. The number of benzene rings is 1. The van der Waals surface area contributed by atoms with Gasteiger partial charge in [0.15, 0.2) is 0 Å². The fourth-order valence-electron chi connectivity index (χ4n) is 1.69. The molecular weight excluding hydrogens is 363 g/mol. The number of hydrogen-bond donors (Lipinski definition) is 2. The van der Waals surface area contributed by atoms with Gasteiger partial charge in [-0.2, -0.15) is 0 Å². The van der Waals surface area contributed by atoms with Crippen LogP contribution in [0.2, 0.25) is 0 Å². The summed E-state index contributed by atoms with van der Waals surface area (Å²) in [5.41, 5.74) is 0.560. The van der Waals surface area contributed by atoms with Gasteiger partial charge in [-0.1, -0.05) is 22.0 Å². The summed E-state index contributed by atoms with van der Waals surface area (Å²) in [4.78, 5) is 3.36. The van der Waals surface area contributed by atoms with E-state index in [4.69, 9.17) is 5.11 Å². The van der Waals surface area contributed by atoms with Crippen LogP contribution < -0.4 is 4.72 Å². The Morgan fingerprint density at radius 1 is 1.38 bits per heavy atom. The Morgan fingerprint density at radius 2 is 2.14 bits per heavy atom. The largest absolute Gasteiger partial charge is 0.392 e. The molecule has 0 bridgehead atoms. The lowest BCUT2D eigenvalue weighted by Gasteiger charge is -2.10. The van der Waals surface area contributed by atoms with Gasteiger partial charge in [0.05, 0.1) is 6.61 Å². The molecule has 0 atom stereocenters. The molecule has 0 spiro atoms. The van der Waals surface area contributed by atoms with Crippen molar-refractivity contribution in [1.82, 2.24) is 9.71 Å². The molecule has 2 aromatic rings. The number of pyridine rings is 1. The first-order valence-corrected chi connectivity index (χ1v) is 8.19. The highest BCUT2D eigenvalue weighted by Gasteiger charge is 2.22. The number of nitrogens with zero attached hydrogens (tertiary/aromatic N) is 1. The number of hydrogen-bond acceptors (Lipinski definition) is 4. The second kappa shape index (κ2) is 6.61. The van der Waals surface area contributed by atoms with Crippen molar-refractivity contribution in [3.63, 3.8) is 0 Å². The van der Waals surface area contributed by atoms with Gasteiger partial charge in [0, 0.05) is 29.0 Å². The third-order valence-corrected chi connectivity index (χ3v) is 4.59. The summed E-state index contributed by atoms with van der Waals surface area (Å²) >= 11 is 3.10. The first kappa shape index (κ1) is 16.0. The maximum absolute atomic E-state index is 14.1. The Bertz CT molecular complexity index is 739. The minimum atomic E-state index is -4.04. The molecule has 5 nitrogen and oxygen atoms in total. The summed E-state index contributed by atoms with van der Waals surface area (Å²) < 4.78 is 41.1. The highest BCUT2D eigenvalue weighted by Crippen LogP contribution is 2.24. The van der Waals surface area contributed by atoms with Crippen LogP contribution in [0.4, 0.5) is 4.39 Å². The highest BCUT2D eigenvalue weighted by atomic mass is 79.9. The molecule has 0 amide bonds. The second-order valence-electron chi connectivity index (χ2n) is 4.22. The Hall–Kier alpha value is -1.35. The molecule has 0 saturated carbocycles. The van der Waals surface area contributed by atoms with Crippen LogP contribution in [-0.2, 0) is 23.2 Å². The predicted molar refractivity (Wildman–Crippen MR) is 78.3 cm³/mol. The number of aliphatic hydroxyl groups excluding tert-OH is 1. The maximum Gasteiger partial charge on any atom is 0.243 e. The summed E-state index contributed by atoms with van der Waals surface area (Å²) in [7, 11) is -4.04. The predicted octanol–water partition coefficient (Wildman–Crippen LogP) is 1.95. The second-order valence-corrected chi connectivity index (χ2v) is 6.87. The van der Waals surface area contributed by atoms with Crippen LogP contribution in [0.1, 0.15) is 11.1 Å². The lowest BCUT2D eigenvalue weighted by Crippen LogP contribution is -2.24. The Balaban J connectivity index is 2.30. The van der Waals surface area contributed by atoms with Crippen molar-refractivity contribution in [2.24, 2.45) is 0 Å². The maximum atomic E-state index is 14.1. The van der Waals surface area contributed by atoms with E-state index in [9.17, 15) is 12.8 Å². The smallest absolute Gasteiger partial charge is 0.243 e. The lowest BCUT2D eigenvalue weighted by atomic mass is 10.2. The highest BCUT2D eigenvalue weighted by molar-refractivity contribution is 9.10. The van der Waals surface area contributed by atoms with E-state index in [1.54, 1.807) is 18.3 Å². The van der Waals surface area contributed by atoms with E-state index in [1.807, 2.05) is 0 Å². The van der Waals surface area contributed by atoms with Crippen molar-refractivity contribution in [3.05, 3.63) is 58.1 Å². The molecule has 0 aliphatic carbocycles. The van der Waals surface area contributed by atoms with E-state index in [1.165, 1.54) is 12.3 Å². The number of halogens is 2. The first-order valence-electron chi connectivity index (χ1n) is 5.91. The van der Waals surface area contributed by atoms with E-state index in [2.05, 4.69) is 25.6 Å². The summed E-state index contributed by atoms with van der Waals surface area (Å²) in [5, 5.41) is 9.06. The van der Waals surface area contributed by atoms with Crippen molar-refractivity contribution in [1.29, 1.82) is 0 Å². The van der Waals surface area contributed by atoms with Crippen molar-refractivity contribution in [3.8, 4) is 0 Å². The topological polar surface area (TPSA) is 79.3 Å². The van der Waals surface area contributed by atoms with Crippen LogP contribution in [0.15, 0.2) is 46.0 Å². The number of aromatic nitrogens is 1. The van der Waals surface area contributed by atoms with Crippen LogP contribution in [0.5, 0.6) is 0 Å². The molecule has 1 heterocycles. The minimum Gasteiger partial charge on any atom is -0.392 e. The van der Waals surface area contributed by atoms with Gasteiger partial charge in [0.25, 0.3) is 0 Å². The number of nitrogens with one attached hydrogen (secondary N) is 1. The SMILES string of the molecule is O=S(=O)(NCc1cccnc1)c1cc(Br)cc(CO)c1F. The van der Waals surface area contributed by atoms with Crippen molar-refractivity contribution in [2.45, 2.75) is 18.0 Å². The molecule has 0 unspecified atom stereocenters. The number of rotatable bonds is 5. The van der Waals surface area contributed by atoms with Gasteiger partial charge in [-0.25, -0.2) is 17.5 Å². The molecule has 8 heteroatoms. The van der Waals surface area contributed by atoms with E-state index in [0.29, 0.717) is 10.0 Å². The monoisotopic (exact) mass is 374 g/mol. The first-order chi connectivity index (χ1) is 9.94. The van der Waals surface area contributed by atoms with Crippen molar-refractivity contribution in [2.75, 3.05) is 0 Å². The molecule has 0 aliphatic heterocycles. The molecule has 1 aromatic carbocycles. The van der Waals surface area contributed by atoms with Gasteiger partial charge in [0.2, 0.25) is 10.0 Å². The fourth-order valence-corrected chi connectivity index (χ4v) is 3.51. The molecule has 112 valence electrons. The fraction of sp³-hybridized carbons (Fsp3) is 0.154. The summed E-state index contributed by atoms with van der Waals surface area (Å²) in [6.45, 7) is -0.590. The summed E-state index contributed by atoms with van der Waals surface area (Å²) in [6.07, 6.45) is 3.08. The zero-order valence-corrected chi connectivity index (χ0v) is 13.2. The zero-order chi connectivity index (χ0) is 15.5. The quantitative estimate of drug-likeness (QED) is 0.838. The average Bonchev–Trinajstić information content (AvgIpc) is 2.48. The molecule has 21 heavy (non-hydrogen) atoms. The van der Waals surface area contributed by atoms with E-state index in [0.717, 1.165) is 6.07 Å². The summed E-state index contributed by atoms with van der Waals surface area (Å²) in [5.74, 6) is -0.959. The molecule has 2 N–H and O–H groups in total. The van der Waals surface area contributed by atoms with Crippen LogP contribution in [0, 0.1) is 5.82 Å². The van der Waals surface area contributed by atoms with E-state index in [-0.39, 0.29) is 12.1 Å². The van der Waals surface area contributed by atoms with Gasteiger partial charge in [-0.3, -0.25) is 4.98 Å². The van der Waals surface area contributed by atoms with E-state index >= 15 is 0 Å². The van der Waals surface area contributed by atoms with Gasteiger partial charge >= 0.3 is 0 Å². The number of sulfonamides is 1. The third kappa shape index (κ3) is 3.85. The molecule has 0 radical (unpaired) electrons. The molecule has 2 rings (SSSR count). The van der Waals surface area contributed by atoms with E-state index < -0.39 is 27.3 Å². The van der Waals surface area contributed by atoms with Gasteiger partial charge in [-0.15, -0.1) is 0 Å². The van der Waals surface area contributed by atoms with Crippen LogP contribution in [0.3, 0.4) is 0 Å². The average molecular weight is 375 g/mol. The van der Waals surface area contributed by atoms with Crippen molar-refractivity contribution < 1.29 is 17.9 Å². The van der Waals surface area contributed by atoms with Crippen LogP contribution in [0.25, 0.3) is 0 Å². The Labute approximate surface area is 130 Å². The van der Waals surface area contributed by atoms with Gasteiger partial charge < -0.3 is 5.11 Å². The van der Waals surface area contributed by atoms with Gasteiger partial charge in [-0.05, 0) is 23.8 Å². The molecule has 0 saturated heterocycles. The molecule has 0 aliphatic rings. The van der Waals surface area contributed by atoms with Crippen LogP contribution >= 0.6 is 15.9 Å². The normalized spacial score (nSPS) is 11.6. The van der Waals surface area contributed by atoms with Crippen molar-refractivity contribution >= 4 is 26.0 Å². The van der Waals surface area contributed by atoms with Crippen LogP contribution in [-0.4, -0.2) is 18.5 Å². The third-order valence-electron chi connectivity index (χ3n) is 2.73. The summed E-state index contributed by atoms with van der Waals surface area (Å²) in [6, 6.07) is 5.86. The standard InChI is InChI=1S/C13H12BrFN2O3S/c14-11-4-10(8-18)13(15)12(5-11)21(19,20)17-7-9-2-1-3-16-6-9/h1-6,17-18H,7-8H2. The lowest BCUT2D eigenvalue weighted by molar-refractivity contribution is 0.274. The minimum absolute atomic E-state index is 0.00339. The number of aliphatic hydroxyl groups is 1. The molecular formula is C13H12BrFN2O3S. The molecule has 0 fully saturated rings. The molecule has 1 aromatic heterocycles. The zero-order valence-electron chi connectivity index (χ0n) is 10.8. The Kier molecular flexibility index (Phi) is 5.04. The van der Waals surface area contributed by atoms with Gasteiger partial charge in [0.1, 0.15) is 10.7 Å².